The monoisotopic (exact) mass is 262 g/mol. The van der Waals surface area contributed by atoms with Gasteiger partial charge in [0.2, 0.25) is 0 Å². The highest BCUT2D eigenvalue weighted by atomic mass is 19.4. The molecule has 0 aliphatic heterocycles. The number of carbonyl (C=O) groups excluding carboxylic acids is 1. The molecule has 1 N–H and O–H groups in total. The molecule has 0 saturated heterocycles. The SMILES string of the molecule is COC(=O)[C@@](O)(c1cc(C)ccc1C)C(F)(F)F. The fourth-order valence-corrected chi connectivity index (χ4v) is 1.65. The number of hydrogen-bond acceptors (Lipinski definition) is 3. The second kappa shape index (κ2) is 4.61. The van der Waals surface area contributed by atoms with Gasteiger partial charge in [-0.2, -0.15) is 13.2 Å². The van der Waals surface area contributed by atoms with E-state index in [0.29, 0.717) is 5.56 Å². The quantitative estimate of drug-likeness (QED) is 0.831. The van der Waals surface area contributed by atoms with E-state index < -0.39 is 23.3 Å². The molecule has 0 fully saturated rings. The van der Waals surface area contributed by atoms with Crippen LogP contribution in [0, 0.1) is 13.8 Å². The molecule has 0 spiro atoms. The normalized spacial score (nSPS) is 15.1. The molecule has 1 aromatic rings. The van der Waals surface area contributed by atoms with Crippen LogP contribution in [0.2, 0.25) is 0 Å². The molecule has 0 aliphatic carbocycles. The van der Waals surface area contributed by atoms with Crippen molar-refractivity contribution in [1.82, 2.24) is 0 Å². The molecule has 1 rings (SSSR count). The fourth-order valence-electron chi connectivity index (χ4n) is 1.65. The summed E-state index contributed by atoms with van der Waals surface area (Å²) in [5.41, 5.74) is -3.49. The lowest BCUT2D eigenvalue weighted by Gasteiger charge is -2.29. The summed E-state index contributed by atoms with van der Waals surface area (Å²) in [7, 11) is 0.796. The van der Waals surface area contributed by atoms with Crippen LogP contribution in [0.5, 0.6) is 0 Å². The first-order valence-corrected chi connectivity index (χ1v) is 5.10. The highest BCUT2D eigenvalue weighted by Gasteiger charge is 2.62. The second-order valence-corrected chi connectivity index (χ2v) is 4.02. The van der Waals surface area contributed by atoms with E-state index in [9.17, 15) is 23.1 Å². The number of aliphatic hydroxyl groups is 1. The molecular weight excluding hydrogens is 249 g/mol. The van der Waals surface area contributed by atoms with Crippen LogP contribution in [0.4, 0.5) is 13.2 Å². The van der Waals surface area contributed by atoms with Crippen LogP contribution in [0.3, 0.4) is 0 Å². The minimum atomic E-state index is -5.15. The maximum absolute atomic E-state index is 13.0. The van der Waals surface area contributed by atoms with Gasteiger partial charge in [0.25, 0.3) is 5.60 Å². The van der Waals surface area contributed by atoms with Crippen LogP contribution in [0.15, 0.2) is 18.2 Å². The fraction of sp³-hybridized carbons (Fsp3) is 0.417. The molecule has 100 valence electrons. The summed E-state index contributed by atoms with van der Waals surface area (Å²) in [6.45, 7) is 2.95. The van der Waals surface area contributed by atoms with Crippen molar-refractivity contribution in [2.24, 2.45) is 0 Å². The first kappa shape index (κ1) is 14.5. The van der Waals surface area contributed by atoms with Gasteiger partial charge in [-0.3, -0.25) is 0 Å². The number of methoxy groups -OCH3 is 1. The number of benzene rings is 1. The predicted octanol–water partition coefficient (Wildman–Crippen LogP) is 2.23. The standard InChI is InChI=1S/C12H13F3O3/c1-7-4-5-8(2)9(6-7)11(17,10(16)18-3)12(13,14)15/h4-6,17H,1-3H3/t11-/m0/s1. The smallest absolute Gasteiger partial charge is 0.432 e. The molecule has 0 amide bonds. The molecule has 1 aromatic carbocycles. The highest BCUT2D eigenvalue weighted by Crippen LogP contribution is 2.41. The van der Waals surface area contributed by atoms with Crippen molar-refractivity contribution < 1.29 is 27.8 Å². The molecule has 3 nitrogen and oxygen atoms in total. The Balaban J connectivity index is 3.54. The van der Waals surface area contributed by atoms with Gasteiger partial charge in [0.05, 0.1) is 7.11 Å². The Bertz CT molecular complexity index is 468. The maximum Gasteiger partial charge on any atom is 0.432 e. The van der Waals surface area contributed by atoms with Crippen molar-refractivity contribution >= 4 is 5.97 Å². The zero-order chi connectivity index (χ0) is 14.1. The highest BCUT2D eigenvalue weighted by molar-refractivity contribution is 5.82. The number of halogens is 3. The van der Waals surface area contributed by atoms with Crippen LogP contribution >= 0.6 is 0 Å². The van der Waals surface area contributed by atoms with Crippen molar-refractivity contribution in [3.05, 3.63) is 34.9 Å². The topological polar surface area (TPSA) is 46.5 Å². The first-order chi connectivity index (χ1) is 8.14. The zero-order valence-electron chi connectivity index (χ0n) is 10.1. The first-order valence-electron chi connectivity index (χ1n) is 5.10. The van der Waals surface area contributed by atoms with Crippen molar-refractivity contribution in [1.29, 1.82) is 0 Å². The lowest BCUT2D eigenvalue weighted by Crippen LogP contribution is -2.50. The Labute approximate surface area is 102 Å². The average molecular weight is 262 g/mol. The summed E-state index contributed by atoms with van der Waals surface area (Å²) in [5, 5.41) is 9.79. The van der Waals surface area contributed by atoms with Crippen LogP contribution in [0.1, 0.15) is 16.7 Å². The summed E-state index contributed by atoms with van der Waals surface area (Å²) in [6, 6.07) is 4.12. The number of hydrogen-bond donors (Lipinski definition) is 1. The van der Waals surface area contributed by atoms with Crippen LogP contribution < -0.4 is 0 Å². The zero-order valence-corrected chi connectivity index (χ0v) is 10.1. The largest absolute Gasteiger partial charge is 0.466 e. The number of carbonyl (C=O) groups is 1. The van der Waals surface area contributed by atoms with Gasteiger partial charge in [-0.05, 0) is 19.4 Å². The van der Waals surface area contributed by atoms with Crippen molar-refractivity contribution in [2.45, 2.75) is 25.6 Å². The Morgan fingerprint density at radius 1 is 1.28 bits per heavy atom. The summed E-state index contributed by atoms with van der Waals surface area (Å²) in [4.78, 5) is 11.4. The molecule has 18 heavy (non-hydrogen) atoms. The number of esters is 1. The van der Waals surface area contributed by atoms with Gasteiger partial charge in [-0.15, -0.1) is 0 Å². The van der Waals surface area contributed by atoms with Crippen LogP contribution in [0.25, 0.3) is 0 Å². The van der Waals surface area contributed by atoms with Gasteiger partial charge in [0, 0.05) is 5.56 Å². The third-order valence-electron chi connectivity index (χ3n) is 2.67. The van der Waals surface area contributed by atoms with E-state index in [-0.39, 0.29) is 5.56 Å². The molecule has 1 atom stereocenters. The molecule has 0 bridgehead atoms. The van der Waals surface area contributed by atoms with Gasteiger partial charge in [0.1, 0.15) is 0 Å². The van der Waals surface area contributed by atoms with E-state index in [1.165, 1.54) is 13.0 Å². The molecule has 0 saturated carbocycles. The Hall–Kier alpha value is -1.56. The molecule has 0 radical (unpaired) electrons. The van der Waals surface area contributed by atoms with E-state index in [1.54, 1.807) is 13.0 Å². The van der Waals surface area contributed by atoms with Crippen LogP contribution in [-0.4, -0.2) is 24.4 Å². The predicted molar refractivity (Wildman–Crippen MR) is 57.9 cm³/mol. The lowest BCUT2D eigenvalue weighted by atomic mass is 9.88. The summed E-state index contributed by atoms with van der Waals surface area (Å²) in [5.74, 6) is -1.75. The minimum Gasteiger partial charge on any atom is -0.466 e. The van der Waals surface area contributed by atoms with Gasteiger partial charge < -0.3 is 9.84 Å². The molecule has 0 aliphatic rings. The molecule has 6 heteroatoms. The van der Waals surface area contributed by atoms with Gasteiger partial charge in [-0.1, -0.05) is 23.8 Å². The summed E-state index contributed by atoms with van der Waals surface area (Å²) >= 11 is 0. The number of alkyl halides is 3. The summed E-state index contributed by atoms with van der Waals surface area (Å²) < 4.78 is 43.0. The Kier molecular flexibility index (Phi) is 3.71. The van der Waals surface area contributed by atoms with E-state index in [0.717, 1.165) is 13.2 Å². The lowest BCUT2D eigenvalue weighted by molar-refractivity contribution is -0.267. The third kappa shape index (κ3) is 2.20. The van der Waals surface area contributed by atoms with Crippen molar-refractivity contribution in [2.75, 3.05) is 7.11 Å². The average Bonchev–Trinajstić information content (AvgIpc) is 2.28. The second-order valence-electron chi connectivity index (χ2n) is 4.02. The maximum atomic E-state index is 13.0. The van der Waals surface area contributed by atoms with Gasteiger partial charge in [-0.25, -0.2) is 4.79 Å². The molecular formula is C12H13F3O3. The third-order valence-corrected chi connectivity index (χ3v) is 2.67. The number of rotatable bonds is 2. The summed E-state index contributed by atoms with van der Waals surface area (Å²) in [6.07, 6.45) is -5.15. The van der Waals surface area contributed by atoms with Crippen molar-refractivity contribution in [3.8, 4) is 0 Å². The Morgan fingerprint density at radius 2 is 1.83 bits per heavy atom. The molecule has 0 aromatic heterocycles. The number of aryl methyl sites for hydroxylation is 2. The Morgan fingerprint density at radius 3 is 2.28 bits per heavy atom. The van der Waals surface area contributed by atoms with Gasteiger partial charge in [0.15, 0.2) is 0 Å². The van der Waals surface area contributed by atoms with Crippen LogP contribution in [-0.2, 0) is 15.1 Å². The van der Waals surface area contributed by atoms with Gasteiger partial charge >= 0.3 is 12.1 Å². The van der Waals surface area contributed by atoms with E-state index in [4.69, 9.17) is 0 Å². The molecule has 0 unspecified atom stereocenters. The van der Waals surface area contributed by atoms with E-state index in [1.807, 2.05) is 0 Å². The minimum absolute atomic E-state index is 0.158. The van der Waals surface area contributed by atoms with E-state index in [2.05, 4.69) is 4.74 Å². The number of ether oxygens (including phenoxy) is 1. The molecule has 0 heterocycles. The van der Waals surface area contributed by atoms with Crippen molar-refractivity contribution in [3.63, 3.8) is 0 Å². The van der Waals surface area contributed by atoms with E-state index >= 15 is 0 Å².